The number of aryl methyl sites for hydroxylation is 1. The van der Waals surface area contributed by atoms with Crippen molar-refractivity contribution in [3.63, 3.8) is 0 Å². The normalized spacial score (nSPS) is 21.1. The van der Waals surface area contributed by atoms with E-state index in [-0.39, 0.29) is 11.9 Å². The molecule has 0 aromatic heterocycles. The van der Waals surface area contributed by atoms with Crippen LogP contribution in [0.15, 0.2) is 24.3 Å². The number of amides is 1. The first-order valence-electron chi connectivity index (χ1n) is 5.68. The van der Waals surface area contributed by atoms with E-state index in [0.29, 0.717) is 6.42 Å². The van der Waals surface area contributed by atoms with Crippen molar-refractivity contribution in [3.8, 4) is 0 Å². The molecule has 0 aliphatic carbocycles. The molecule has 2 nitrogen and oxygen atoms in total. The van der Waals surface area contributed by atoms with Gasteiger partial charge in [-0.3, -0.25) is 4.79 Å². The lowest BCUT2D eigenvalue weighted by molar-refractivity contribution is -0.123. The number of carbonyl (C=O) groups is 1. The Labute approximate surface area is 90.7 Å². The molecular weight excluding hydrogens is 186 g/mol. The Morgan fingerprint density at radius 2 is 2.33 bits per heavy atom. The third-order valence-electron chi connectivity index (χ3n) is 2.99. The molecule has 15 heavy (non-hydrogen) atoms. The van der Waals surface area contributed by atoms with Gasteiger partial charge in [-0.1, -0.05) is 31.2 Å². The van der Waals surface area contributed by atoms with E-state index in [1.54, 1.807) is 0 Å². The highest BCUT2D eigenvalue weighted by Crippen LogP contribution is 2.24. The summed E-state index contributed by atoms with van der Waals surface area (Å²) in [5, 5.41) is 3.05. The van der Waals surface area contributed by atoms with Gasteiger partial charge in [-0.25, -0.2) is 0 Å². The van der Waals surface area contributed by atoms with Crippen LogP contribution in [0.25, 0.3) is 0 Å². The number of hydrogen-bond acceptors (Lipinski definition) is 1. The Morgan fingerprint density at radius 1 is 1.47 bits per heavy atom. The topological polar surface area (TPSA) is 29.1 Å². The maximum absolute atomic E-state index is 11.3. The predicted octanol–water partition coefficient (Wildman–Crippen LogP) is 2.59. The molecule has 1 atom stereocenters. The van der Waals surface area contributed by atoms with Crippen LogP contribution in [-0.4, -0.2) is 5.91 Å². The molecule has 2 heteroatoms. The van der Waals surface area contributed by atoms with E-state index in [9.17, 15) is 4.79 Å². The van der Waals surface area contributed by atoms with Crippen LogP contribution < -0.4 is 5.32 Å². The van der Waals surface area contributed by atoms with Crippen molar-refractivity contribution < 1.29 is 4.79 Å². The summed E-state index contributed by atoms with van der Waals surface area (Å²) in [7, 11) is 0. The summed E-state index contributed by atoms with van der Waals surface area (Å²) in [5.41, 5.74) is 2.59. The molecular formula is C13H17NO. The molecule has 1 unspecified atom stereocenters. The van der Waals surface area contributed by atoms with Crippen LogP contribution in [0.3, 0.4) is 0 Å². The van der Waals surface area contributed by atoms with E-state index in [1.807, 2.05) is 0 Å². The lowest BCUT2D eigenvalue weighted by atomic mass is 9.95. The molecule has 0 radical (unpaired) electrons. The lowest BCUT2D eigenvalue weighted by Crippen LogP contribution is -2.32. The average molecular weight is 203 g/mol. The fourth-order valence-electron chi connectivity index (χ4n) is 2.09. The maximum Gasteiger partial charge on any atom is 0.220 e. The smallest absolute Gasteiger partial charge is 0.220 e. The minimum atomic E-state index is 0.188. The number of nitrogens with one attached hydrogen (secondary N) is 1. The first-order valence-corrected chi connectivity index (χ1v) is 5.68. The highest BCUT2D eigenvalue weighted by molar-refractivity contribution is 5.77. The number of benzene rings is 1. The van der Waals surface area contributed by atoms with Gasteiger partial charge in [-0.05, 0) is 30.4 Å². The van der Waals surface area contributed by atoms with Gasteiger partial charge in [0.15, 0.2) is 0 Å². The van der Waals surface area contributed by atoms with Gasteiger partial charge in [0.25, 0.3) is 0 Å². The minimum Gasteiger partial charge on any atom is -0.349 e. The molecule has 2 rings (SSSR count). The van der Waals surface area contributed by atoms with Gasteiger partial charge in [-0.2, -0.15) is 0 Å². The van der Waals surface area contributed by atoms with Crippen molar-refractivity contribution in [2.24, 2.45) is 0 Å². The van der Waals surface area contributed by atoms with E-state index in [1.165, 1.54) is 11.1 Å². The molecule has 0 spiro atoms. The standard InChI is InChI=1S/C13H17NO/c1-2-10-5-3-6-11(9-10)12-7-4-8-13(15)14-12/h3,5-6,9,12H,2,4,7-8H2,1H3,(H,14,15). The SMILES string of the molecule is CCc1cccc(C2CCCC(=O)N2)c1. The molecule has 1 N–H and O–H groups in total. The molecule has 1 aromatic rings. The molecule has 0 saturated carbocycles. The van der Waals surface area contributed by atoms with E-state index in [2.05, 4.69) is 36.5 Å². The number of rotatable bonds is 2. The van der Waals surface area contributed by atoms with Crippen LogP contribution >= 0.6 is 0 Å². The quantitative estimate of drug-likeness (QED) is 0.786. The van der Waals surface area contributed by atoms with Crippen molar-refractivity contribution in [1.82, 2.24) is 5.32 Å². The molecule has 1 aromatic carbocycles. The second kappa shape index (κ2) is 4.47. The summed E-state index contributed by atoms with van der Waals surface area (Å²) >= 11 is 0. The van der Waals surface area contributed by atoms with Gasteiger partial charge < -0.3 is 5.32 Å². The average Bonchev–Trinajstić information content (AvgIpc) is 2.29. The van der Waals surface area contributed by atoms with Crippen LogP contribution in [0.4, 0.5) is 0 Å². The summed E-state index contributed by atoms with van der Waals surface area (Å²) in [4.78, 5) is 11.3. The maximum atomic E-state index is 11.3. The second-order valence-corrected chi connectivity index (χ2v) is 4.11. The highest BCUT2D eigenvalue weighted by Gasteiger charge is 2.19. The van der Waals surface area contributed by atoms with Crippen LogP contribution in [0.5, 0.6) is 0 Å². The zero-order chi connectivity index (χ0) is 10.7. The lowest BCUT2D eigenvalue weighted by Gasteiger charge is -2.23. The molecule has 1 aliphatic rings. The van der Waals surface area contributed by atoms with Gasteiger partial charge in [0.1, 0.15) is 0 Å². The van der Waals surface area contributed by atoms with Gasteiger partial charge in [0.2, 0.25) is 5.91 Å². The zero-order valence-electron chi connectivity index (χ0n) is 9.12. The highest BCUT2D eigenvalue weighted by atomic mass is 16.1. The Morgan fingerprint density at radius 3 is 3.07 bits per heavy atom. The third-order valence-corrected chi connectivity index (χ3v) is 2.99. The zero-order valence-corrected chi connectivity index (χ0v) is 9.12. The molecule has 1 saturated heterocycles. The summed E-state index contributed by atoms with van der Waals surface area (Å²) in [6.07, 6.45) is 3.81. The Balaban J connectivity index is 2.17. The minimum absolute atomic E-state index is 0.188. The second-order valence-electron chi connectivity index (χ2n) is 4.11. The fraction of sp³-hybridized carbons (Fsp3) is 0.462. The van der Waals surface area contributed by atoms with Crippen molar-refractivity contribution >= 4 is 5.91 Å². The van der Waals surface area contributed by atoms with Crippen LogP contribution in [0.2, 0.25) is 0 Å². The van der Waals surface area contributed by atoms with E-state index >= 15 is 0 Å². The molecule has 1 amide bonds. The van der Waals surface area contributed by atoms with Gasteiger partial charge in [0.05, 0.1) is 6.04 Å². The molecule has 1 fully saturated rings. The van der Waals surface area contributed by atoms with Gasteiger partial charge >= 0.3 is 0 Å². The van der Waals surface area contributed by atoms with Crippen molar-refractivity contribution in [3.05, 3.63) is 35.4 Å². The van der Waals surface area contributed by atoms with Crippen molar-refractivity contribution in [2.45, 2.75) is 38.6 Å². The first-order chi connectivity index (χ1) is 7.29. The molecule has 1 heterocycles. The predicted molar refractivity (Wildman–Crippen MR) is 60.6 cm³/mol. The number of hydrogen-bond donors (Lipinski definition) is 1. The molecule has 0 bridgehead atoms. The van der Waals surface area contributed by atoms with E-state index in [0.717, 1.165) is 19.3 Å². The summed E-state index contributed by atoms with van der Waals surface area (Å²) < 4.78 is 0. The van der Waals surface area contributed by atoms with Crippen LogP contribution in [0, 0.1) is 0 Å². The third kappa shape index (κ3) is 2.38. The van der Waals surface area contributed by atoms with Crippen molar-refractivity contribution in [2.75, 3.05) is 0 Å². The van der Waals surface area contributed by atoms with Gasteiger partial charge in [-0.15, -0.1) is 0 Å². The fourth-order valence-corrected chi connectivity index (χ4v) is 2.09. The largest absolute Gasteiger partial charge is 0.349 e. The summed E-state index contributed by atoms with van der Waals surface area (Å²) in [6, 6.07) is 8.76. The van der Waals surface area contributed by atoms with E-state index < -0.39 is 0 Å². The summed E-state index contributed by atoms with van der Waals surface area (Å²) in [6.45, 7) is 2.15. The van der Waals surface area contributed by atoms with Crippen LogP contribution in [0.1, 0.15) is 43.4 Å². The summed E-state index contributed by atoms with van der Waals surface area (Å²) in [5.74, 6) is 0.188. The van der Waals surface area contributed by atoms with Crippen LogP contribution in [-0.2, 0) is 11.2 Å². The monoisotopic (exact) mass is 203 g/mol. The molecule has 1 aliphatic heterocycles. The number of piperidine rings is 1. The van der Waals surface area contributed by atoms with Gasteiger partial charge in [0, 0.05) is 6.42 Å². The van der Waals surface area contributed by atoms with E-state index in [4.69, 9.17) is 0 Å². The Hall–Kier alpha value is -1.31. The first kappa shape index (κ1) is 10.2. The number of carbonyl (C=O) groups excluding carboxylic acids is 1. The van der Waals surface area contributed by atoms with Crippen molar-refractivity contribution in [1.29, 1.82) is 0 Å². The molecule has 80 valence electrons. The Kier molecular flexibility index (Phi) is 3.05. The Bertz CT molecular complexity index is 359.